The van der Waals surface area contributed by atoms with E-state index in [4.69, 9.17) is 9.72 Å². The van der Waals surface area contributed by atoms with Gasteiger partial charge in [-0.3, -0.25) is 4.57 Å². The second kappa shape index (κ2) is 11.6. The Bertz CT molecular complexity index is 2750. The lowest BCUT2D eigenvalue weighted by molar-refractivity contribution is 0.421. The van der Waals surface area contributed by atoms with E-state index >= 15 is 0 Å². The Hall–Kier alpha value is -5.74. The van der Waals surface area contributed by atoms with Gasteiger partial charge < -0.3 is 4.74 Å². The number of rotatable bonds is 5. The topological polar surface area (TPSA) is 50.8 Å². The summed E-state index contributed by atoms with van der Waals surface area (Å²) in [6.45, 7) is 22.5. The third kappa shape index (κ3) is 5.25. The van der Waals surface area contributed by atoms with Crippen molar-refractivity contribution in [3.8, 4) is 23.4 Å². The molecule has 9 rings (SSSR count). The first-order chi connectivity index (χ1) is 26.0. The zero-order valence-electron chi connectivity index (χ0n) is 33.3. The summed E-state index contributed by atoms with van der Waals surface area (Å²) >= 11 is 0. The molecular formula is C49H48N5O+. The van der Waals surface area contributed by atoms with E-state index in [1.165, 1.54) is 27.9 Å². The van der Waals surface area contributed by atoms with E-state index in [2.05, 4.69) is 189 Å². The maximum atomic E-state index is 10.1. The van der Waals surface area contributed by atoms with E-state index < -0.39 is 0 Å². The van der Waals surface area contributed by atoms with E-state index in [1.54, 1.807) is 0 Å². The van der Waals surface area contributed by atoms with Gasteiger partial charge in [-0.05, 0) is 75.4 Å². The average Bonchev–Trinajstić information content (AvgIpc) is 3.64. The lowest BCUT2D eigenvalue weighted by atomic mass is 9.85. The SMILES string of the molecule is CC(C)(C)c1cc(Oc2ccc3c4ccccc4n(-c4cc(C(C)(C)C)ccn4)c3c2)cc([N+]23[CH-][N@+]2(c2cc(C#N)cc(C(C)(C)C)c2)c2ccccc23)c1. The van der Waals surface area contributed by atoms with Crippen LogP contribution in [0.2, 0.25) is 0 Å². The van der Waals surface area contributed by atoms with Gasteiger partial charge in [0, 0.05) is 59.4 Å². The lowest BCUT2D eigenvalue weighted by Crippen LogP contribution is -2.46. The van der Waals surface area contributed by atoms with E-state index in [9.17, 15) is 5.26 Å². The third-order valence-corrected chi connectivity index (χ3v) is 11.6. The van der Waals surface area contributed by atoms with Gasteiger partial charge in [-0.1, -0.05) is 92.6 Å². The smallest absolute Gasteiger partial charge is 0.225 e. The van der Waals surface area contributed by atoms with E-state index in [0.29, 0.717) is 14.7 Å². The maximum absolute atomic E-state index is 10.1. The molecule has 1 saturated heterocycles. The number of nitrogens with zero attached hydrogens (tertiary/aromatic N) is 5. The molecule has 0 spiro atoms. The van der Waals surface area contributed by atoms with Gasteiger partial charge in [-0.15, -0.1) is 0 Å². The second-order valence-electron chi connectivity index (χ2n) is 18.4. The van der Waals surface area contributed by atoms with Crippen LogP contribution < -0.4 is 13.9 Å². The Morgan fingerprint density at radius 1 is 0.582 bits per heavy atom. The first-order valence-corrected chi connectivity index (χ1v) is 19.2. The first kappa shape index (κ1) is 35.0. The molecule has 55 heavy (non-hydrogen) atoms. The van der Waals surface area contributed by atoms with Gasteiger partial charge in [0.15, 0.2) is 18.0 Å². The summed E-state index contributed by atoms with van der Waals surface area (Å²) in [6, 6.07) is 43.5. The molecule has 7 aromatic rings. The minimum Gasteiger partial charge on any atom is -0.457 e. The summed E-state index contributed by atoms with van der Waals surface area (Å²) in [6.07, 6.45) is 1.92. The molecule has 2 aliphatic rings. The lowest BCUT2D eigenvalue weighted by Gasteiger charge is -2.40. The van der Waals surface area contributed by atoms with Crippen molar-refractivity contribution < 1.29 is 4.74 Å². The van der Waals surface area contributed by atoms with Gasteiger partial charge in [0.1, 0.15) is 17.3 Å². The number of hydrogen-bond donors (Lipinski definition) is 0. The van der Waals surface area contributed by atoms with Gasteiger partial charge >= 0.3 is 0 Å². The Labute approximate surface area is 324 Å². The van der Waals surface area contributed by atoms with Gasteiger partial charge in [-0.25, -0.2) is 4.98 Å². The summed E-state index contributed by atoms with van der Waals surface area (Å²) < 4.78 is 10.2. The quantitative estimate of drug-likeness (QED) is 0.101. The number of para-hydroxylation sites is 3. The van der Waals surface area contributed by atoms with Crippen LogP contribution in [0.3, 0.4) is 0 Å². The van der Waals surface area contributed by atoms with Crippen LogP contribution in [-0.4, -0.2) is 9.55 Å². The zero-order valence-corrected chi connectivity index (χ0v) is 33.3. The van der Waals surface area contributed by atoms with Crippen LogP contribution in [0.25, 0.3) is 27.6 Å². The van der Waals surface area contributed by atoms with E-state index in [0.717, 1.165) is 50.7 Å². The fourth-order valence-electron chi connectivity index (χ4n) is 8.44. The Kier molecular flexibility index (Phi) is 7.40. The van der Waals surface area contributed by atoms with Crippen molar-refractivity contribution >= 4 is 44.6 Å². The van der Waals surface area contributed by atoms with Crippen LogP contribution >= 0.6 is 0 Å². The second-order valence-corrected chi connectivity index (χ2v) is 18.4. The molecule has 0 aliphatic carbocycles. The maximum Gasteiger partial charge on any atom is 0.225 e. The predicted octanol–water partition coefficient (Wildman–Crippen LogP) is 13.1. The molecule has 5 aromatic carbocycles. The average molecular weight is 723 g/mol. The van der Waals surface area contributed by atoms with Crippen molar-refractivity contribution in [2.45, 2.75) is 78.6 Å². The minimum atomic E-state index is -0.136. The number of aromatic nitrogens is 2. The van der Waals surface area contributed by atoms with Crippen LogP contribution in [0.5, 0.6) is 11.5 Å². The molecule has 0 radical (unpaired) electrons. The van der Waals surface area contributed by atoms with Crippen molar-refractivity contribution in [3.63, 3.8) is 0 Å². The van der Waals surface area contributed by atoms with Crippen LogP contribution in [0.1, 0.15) is 84.6 Å². The zero-order chi connectivity index (χ0) is 38.7. The molecule has 1 unspecified atom stereocenters. The number of fused-ring (bicyclic) bond motifs is 7. The van der Waals surface area contributed by atoms with Crippen LogP contribution in [0.15, 0.2) is 121 Å². The molecule has 6 heteroatoms. The Balaban J connectivity index is 1.19. The van der Waals surface area contributed by atoms with Gasteiger partial charge in [-0.2, -0.15) is 14.4 Å². The van der Waals surface area contributed by atoms with Crippen molar-refractivity contribution in [1.29, 1.82) is 5.26 Å². The molecule has 2 aliphatic heterocycles. The largest absolute Gasteiger partial charge is 0.457 e. The number of pyridine rings is 1. The Morgan fingerprint density at radius 3 is 1.84 bits per heavy atom. The summed E-state index contributed by atoms with van der Waals surface area (Å²) in [5.74, 6) is 2.44. The highest BCUT2D eigenvalue weighted by Gasteiger charge is 2.78. The number of quaternary nitrogens is 2. The third-order valence-electron chi connectivity index (χ3n) is 11.6. The van der Waals surface area contributed by atoms with Gasteiger partial charge in [0.25, 0.3) is 0 Å². The number of ether oxygens (including phenoxy) is 1. The van der Waals surface area contributed by atoms with Crippen LogP contribution in [0, 0.1) is 18.0 Å². The number of hydrogen-bond acceptors (Lipinski definition) is 3. The summed E-state index contributed by atoms with van der Waals surface area (Å²) in [5, 5.41) is 12.5. The highest BCUT2D eigenvalue weighted by Crippen LogP contribution is 2.75. The number of nitriles is 1. The van der Waals surface area contributed by atoms with Crippen molar-refractivity contribution in [3.05, 3.63) is 150 Å². The van der Waals surface area contributed by atoms with Crippen LogP contribution in [0.4, 0.5) is 22.7 Å². The monoisotopic (exact) mass is 722 g/mol. The van der Waals surface area contributed by atoms with E-state index in [1.807, 2.05) is 12.3 Å². The molecule has 2 atom stereocenters. The Morgan fingerprint density at radius 2 is 1.18 bits per heavy atom. The fraction of sp³-hybridized carbons (Fsp3) is 0.245. The molecule has 0 bridgehead atoms. The van der Waals surface area contributed by atoms with Crippen LogP contribution in [-0.2, 0) is 16.2 Å². The molecular weight excluding hydrogens is 675 g/mol. The molecule has 0 amide bonds. The van der Waals surface area contributed by atoms with E-state index in [-0.39, 0.29) is 16.2 Å². The molecule has 2 aromatic heterocycles. The van der Waals surface area contributed by atoms with Crippen molar-refractivity contribution in [1.82, 2.24) is 18.7 Å². The van der Waals surface area contributed by atoms with Gasteiger partial charge in [0.05, 0.1) is 22.7 Å². The molecule has 274 valence electrons. The summed E-state index contributed by atoms with van der Waals surface area (Å²) in [4.78, 5) is 4.88. The normalized spacial score (nSPS) is 19.1. The molecule has 4 heterocycles. The standard InChI is InChI=1S/C49H48N5O/c1-47(2,3)33-20-21-51-46(27-33)52-42-15-11-10-14-40(42)41-19-18-38(29-43(41)52)55-39-26-35(49(7,8)9)25-37(28-39)54-31-53(54,44-16-12-13-17-45(44)54)36-23-32(30-50)22-34(24-36)48(4,5)6/h10-29,31H,1-9H3/q+1/t53-,54?/m0/s1. The molecule has 6 nitrogen and oxygen atoms in total. The minimum absolute atomic E-state index is 0.0118. The molecule has 0 N–H and O–H groups in total. The highest BCUT2D eigenvalue weighted by atomic mass is 16.5. The predicted molar refractivity (Wildman–Crippen MR) is 226 cm³/mol. The van der Waals surface area contributed by atoms with Gasteiger partial charge in [0.2, 0.25) is 11.4 Å². The highest BCUT2D eigenvalue weighted by molar-refractivity contribution is 6.09. The molecule has 1 fully saturated rings. The summed E-state index contributed by atoms with van der Waals surface area (Å²) in [5.41, 5.74) is 10.8. The van der Waals surface area contributed by atoms with Crippen molar-refractivity contribution in [2.75, 3.05) is 0 Å². The molecule has 0 saturated carbocycles. The fourth-order valence-corrected chi connectivity index (χ4v) is 8.44. The van der Waals surface area contributed by atoms with Crippen molar-refractivity contribution in [2.24, 2.45) is 0 Å². The first-order valence-electron chi connectivity index (χ1n) is 19.2. The number of benzene rings is 5. The summed E-state index contributed by atoms with van der Waals surface area (Å²) in [7, 11) is 0.